The maximum atomic E-state index is 13.0. The Balaban J connectivity index is 1.27. The molecule has 168 valence electrons. The summed E-state index contributed by atoms with van der Waals surface area (Å²) in [4.78, 5) is 27.2. The van der Waals surface area contributed by atoms with Gasteiger partial charge >= 0.3 is 6.09 Å². The topological polar surface area (TPSA) is 82.4 Å². The molecule has 0 radical (unpaired) electrons. The van der Waals surface area contributed by atoms with Crippen LogP contribution >= 0.6 is 0 Å². The van der Waals surface area contributed by atoms with Crippen LogP contribution in [0.2, 0.25) is 0 Å². The Bertz CT molecular complexity index is 1280. The highest BCUT2D eigenvalue weighted by molar-refractivity contribution is 5.81. The van der Waals surface area contributed by atoms with Gasteiger partial charge < -0.3 is 18.9 Å². The summed E-state index contributed by atoms with van der Waals surface area (Å²) < 4.78 is 26.5. The third-order valence-electron chi connectivity index (χ3n) is 5.77. The maximum Gasteiger partial charge on any atom is 0.415 e. The first-order valence-electron chi connectivity index (χ1n) is 10.7. The molecule has 0 N–H and O–H groups in total. The predicted octanol–water partition coefficient (Wildman–Crippen LogP) is 4.90. The number of carbonyl (C=O) groups is 1. The van der Waals surface area contributed by atoms with Crippen LogP contribution < -0.4 is 9.47 Å². The Morgan fingerprint density at radius 1 is 1.06 bits per heavy atom. The minimum absolute atomic E-state index is 0.181. The van der Waals surface area contributed by atoms with Gasteiger partial charge in [0.05, 0.1) is 11.1 Å². The van der Waals surface area contributed by atoms with Crippen molar-refractivity contribution in [2.75, 3.05) is 13.1 Å². The number of fused-ring (bicyclic) bond motifs is 1. The van der Waals surface area contributed by atoms with E-state index in [1.165, 1.54) is 30.6 Å². The van der Waals surface area contributed by atoms with E-state index in [-0.39, 0.29) is 11.9 Å². The molecule has 1 amide bonds. The molecule has 9 heteroatoms. The van der Waals surface area contributed by atoms with Crippen LogP contribution in [0.25, 0.3) is 11.0 Å². The lowest BCUT2D eigenvalue weighted by atomic mass is 10.1. The molecule has 0 spiro atoms. The summed E-state index contributed by atoms with van der Waals surface area (Å²) >= 11 is 0. The number of likely N-dealkylation sites (tertiary alicyclic amines) is 1. The second kappa shape index (κ2) is 8.85. The highest BCUT2D eigenvalue weighted by atomic mass is 19.1. The van der Waals surface area contributed by atoms with E-state index in [1.54, 1.807) is 11.1 Å². The van der Waals surface area contributed by atoms with E-state index in [9.17, 15) is 9.18 Å². The molecular weight excluding hydrogens is 425 g/mol. The van der Waals surface area contributed by atoms with Gasteiger partial charge in [0.2, 0.25) is 5.88 Å². The molecule has 1 aliphatic rings. The smallest absolute Gasteiger partial charge is 0.415 e. The number of hydrogen-bond donors (Lipinski definition) is 0. The minimum Gasteiger partial charge on any atom is -0.436 e. The average molecular weight is 447 g/mol. The van der Waals surface area contributed by atoms with Gasteiger partial charge in [-0.2, -0.15) is 0 Å². The van der Waals surface area contributed by atoms with Gasteiger partial charge in [-0.05, 0) is 62.2 Å². The van der Waals surface area contributed by atoms with Crippen molar-refractivity contribution in [2.24, 2.45) is 0 Å². The fourth-order valence-corrected chi connectivity index (χ4v) is 4.00. The quantitative estimate of drug-likeness (QED) is 0.442. The van der Waals surface area contributed by atoms with Gasteiger partial charge in [-0.3, -0.25) is 4.98 Å². The lowest BCUT2D eigenvalue weighted by Crippen LogP contribution is -2.40. The number of piperidine rings is 1. The molecule has 3 aromatic heterocycles. The number of rotatable bonds is 4. The van der Waals surface area contributed by atoms with Crippen LogP contribution in [-0.4, -0.2) is 43.6 Å². The Kier molecular flexibility index (Phi) is 5.60. The van der Waals surface area contributed by atoms with Gasteiger partial charge in [0.1, 0.15) is 23.5 Å². The molecular formula is C24H22FN5O3. The van der Waals surface area contributed by atoms with Gasteiger partial charge in [-0.25, -0.2) is 19.2 Å². The second-order valence-electron chi connectivity index (χ2n) is 7.87. The van der Waals surface area contributed by atoms with Gasteiger partial charge in [0.25, 0.3) is 0 Å². The summed E-state index contributed by atoms with van der Waals surface area (Å²) in [6.07, 6.45) is 6.28. The molecule has 1 aliphatic heterocycles. The third-order valence-corrected chi connectivity index (χ3v) is 5.77. The fraction of sp³-hybridized carbons (Fsp3) is 0.250. The molecule has 0 saturated carbocycles. The van der Waals surface area contributed by atoms with Gasteiger partial charge in [0, 0.05) is 31.5 Å². The second-order valence-corrected chi connectivity index (χ2v) is 7.87. The molecule has 1 saturated heterocycles. The number of ether oxygens (including phenoxy) is 2. The number of pyridine rings is 1. The maximum absolute atomic E-state index is 13.0. The van der Waals surface area contributed by atoms with Crippen molar-refractivity contribution in [3.05, 3.63) is 72.7 Å². The summed E-state index contributed by atoms with van der Waals surface area (Å²) in [7, 11) is 0. The van der Waals surface area contributed by atoms with Crippen LogP contribution in [0.15, 0.2) is 61.2 Å². The van der Waals surface area contributed by atoms with Crippen molar-refractivity contribution >= 4 is 17.1 Å². The molecule has 33 heavy (non-hydrogen) atoms. The first-order chi connectivity index (χ1) is 16.1. The number of benzene rings is 1. The highest BCUT2D eigenvalue weighted by Crippen LogP contribution is 2.32. The summed E-state index contributed by atoms with van der Waals surface area (Å²) in [6.45, 7) is 2.98. The number of hydrogen-bond acceptors (Lipinski definition) is 6. The van der Waals surface area contributed by atoms with Gasteiger partial charge in [-0.15, -0.1) is 0 Å². The van der Waals surface area contributed by atoms with E-state index in [0.717, 1.165) is 29.6 Å². The number of halogens is 1. The van der Waals surface area contributed by atoms with Crippen LogP contribution in [0.4, 0.5) is 9.18 Å². The molecule has 1 fully saturated rings. The van der Waals surface area contributed by atoms with E-state index in [4.69, 9.17) is 9.47 Å². The SMILES string of the molecule is Cc1ncccc1Oc1ncnc2c1ccn2C1CCN(C(=O)Oc2ccc(F)cc2)CC1. The molecule has 4 heterocycles. The van der Waals surface area contributed by atoms with E-state index < -0.39 is 6.09 Å². The summed E-state index contributed by atoms with van der Waals surface area (Å²) in [5, 5.41) is 0.818. The number of aromatic nitrogens is 4. The Morgan fingerprint density at radius 2 is 1.85 bits per heavy atom. The third kappa shape index (κ3) is 4.34. The normalized spacial score (nSPS) is 14.4. The Morgan fingerprint density at radius 3 is 2.61 bits per heavy atom. The zero-order valence-corrected chi connectivity index (χ0v) is 18.0. The summed E-state index contributed by atoms with van der Waals surface area (Å²) in [6, 6.07) is 11.2. The van der Waals surface area contributed by atoms with Crippen LogP contribution in [0, 0.1) is 12.7 Å². The molecule has 0 bridgehead atoms. The first-order valence-corrected chi connectivity index (χ1v) is 10.7. The van der Waals surface area contributed by atoms with Gasteiger partial charge in [0.15, 0.2) is 5.75 Å². The van der Waals surface area contributed by atoms with Crippen molar-refractivity contribution < 1.29 is 18.7 Å². The van der Waals surface area contributed by atoms with Gasteiger partial charge in [-0.1, -0.05) is 0 Å². The van der Waals surface area contributed by atoms with E-state index in [2.05, 4.69) is 19.5 Å². The molecule has 1 aromatic carbocycles. The van der Waals surface area contributed by atoms with Crippen molar-refractivity contribution in [1.82, 2.24) is 24.4 Å². The lowest BCUT2D eigenvalue weighted by molar-refractivity contribution is 0.132. The number of nitrogens with zero attached hydrogens (tertiary/aromatic N) is 5. The molecule has 4 aromatic rings. The summed E-state index contributed by atoms with van der Waals surface area (Å²) in [5.74, 6) is 1.09. The molecule has 8 nitrogen and oxygen atoms in total. The zero-order chi connectivity index (χ0) is 22.8. The van der Waals surface area contributed by atoms with Crippen molar-refractivity contribution in [3.63, 3.8) is 0 Å². The standard InChI is InChI=1S/C24H22FN5O3/c1-16-21(3-2-11-26-16)33-23-20-10-14-30(22(20)27-15-28-23)18-8-12-29(13-9-18)24(31)32-19-6-4-17(25)5-7-19/h2-7,10-11,14-15,18H,8-9,12-13H2,1H3. The Labute approximate surface area is 189 Å². The van der Waals surface area contributed by atoms with E-state index >= 15 is 0 Å². The molecule has 0 atom stereocenters. The number of carbonyl (C=O) groups excluding carboxylic acids is 1. The van der Waals surface area contributed by atoms with Crippen LogP contribution in [0.5, 0.6) is 17.4 Å². The lowest BCUT2D eigenvalue weighted by Gasteiger charge is -2.32. The van der Waals surface area contributed by atoms with Crippen molar-refractivity contribution in [2.45, 2.75) is 25.8 Å². The van der Waals surface area contributed by atoms with Crippen molar-refractivity contribution in [1.29, 1.82) is 0 Å². The first kappa shape index (κ1) is 20.9. The van der Waals surface area contributed by atoms with Crippen LogP contribution in [-0.2, 0) is 0 Å². The molecule has 0 aliphatic carbocycles. The molecule has 5 rings (SSSR count). The number of aryl methyl sites for hydroxylation is 1. The van der Waals surface area contributed by atoms with Crippen molar-refractivity contribution in [3.8, 4) is 17.4 Å². The predicted molar refractivity (Wildman–Crippen MR) is 119 cm³/mol. The Hall–Kier alpha value is -4.01. The average Bonchev–Trinajstić information content (AvgIpc) is 3.27. The highest BCUT2D eigenvalue weighted by Gasteiger charge is 2.26. The van der Waals surface area contributed by atoms with E-state index in [0.29, 0.717) is 30.5 Å². The van der Waals surface area contributed by atoms with Crippen LogP contribution in [0.1, 0.15) is 24.6 Å². The monoisotopic (exact) mass is 447 g/mol. The van der Waals surface area contributed by atoms with Crippen LogP contribution in [0.3, 0.4) is 0 Å². The largest absolute Gasteiger partial charge is 0.436 e. The summed E-state index contributed by atoms with van der Waals surface area (Å²) in [5.41, 5.74) is 1.57. The molecule has 0 unspecified atom stereocenters. The minimum atomic E-state index is -0.428. The van der Waals surface area contributed by atoms with E-state index in [1.807, 2.05) is 31.3 Å². The zero-order valence-electron chi connectivity index (χ0n) is 18.0. The fourth-order valence-electron chi connectivity index (χ4n) is 4.00. The number of amides is 1.